The van der Waals surface area contributed by atoms with Crippen LogP contribution in [0, 0.1) is 5.92 Å². The number of alkyl halides is 3. The first-order valence-corrected chi connectivity index (χ1v) is 10.5. The maximum absolute atomic E-state index is 13.3. The highest BCUT2D eigenvalue weighted by Crippen LogP contribution is 2.47. The quantitative estimate of drug-likeness (QED) is 0.739. The monoisotopic (exact) mass is 431 g/mol. The fourth-order valence-electron chi connectivity index (χ4n) is 4.13. The van der Waals surface area contributed by atoms with E-state index in [1.807, 2.05) is 0 Å². The van der Waals surface area contributed by atoms with Crippen molar-refractivity contribution < 1.29 is 21.6 Å². The summed E-state index contributed by atoms with van der Waals surface area (Å²) in [6, 6.07) is 4.89. The molecule has 1 saturated heterocycles. The summed E-state index contributed by atoms with van der Waals surface area (Å²) < 4.78 is 65.9. The summed E-state index contributed by atoms with van der Waals surface area (Å²) in [5.74, 6) is -0.364. The van der Waals surface area contributed by atoms with Gasteiger partial charge in [0, 0.05) is 34.8 Å². The van der Waals surface area contributed by atoms with E-state index in [1.165, 1.54) is 28.6 Å². The van der Waals surface area contributed by atoms with Crippen LogP contribution in [-0.2, 0) is 16.4 Å². The number of rotatable bonds is 3. The number of piperidine rings is 1. The number of allylic oxidation sites excluding steroid dienone is 2. The van der Waals surface area contributed by atoms with Crippen molar-refractivity contribution in [3.8, 4) is 0 Å². The van der Waals surface area contributed by atoms with E-state index in [9.17, 15) is 21.6 Å². The van der Waals surface area contributed by atoms with E-state index in [0.29, 0.717) is 17.9 Å². The smallest absolute Gasteiger partial charge is 0.282 e. The Balaban J connectivity index is 1.71. The zero-order valence-corrected chi connectivity index (χ0v) is 16.1. The van der Waals surface area contributed by atoms with Crippen LogP contribution in [0.25, 0.3) is 0 Å². The Hall–Kier alpha value is -1.84. The zero-order chi connectivity index (χ0) is 20.1. The van der Waals surface area contributed by atoms with E-state index in [4.69, 9.17) is 11.6 Å². The van der Waals surface area contributed by atoms with Crippen molar-refractivity contribution in [2.75, 3.05) is 0 Å². The topological polar surface area (TPSA) is 66.1 Å². The lowest BCUT2D eigenvalue weighted by atomic mass is 9.79. The minimum Gasteiger partial charge on any atom is -0.282 e. The number of nitrogens with one attached hydrogen (secondary N) is 1. The van der Waals surface area contributed by atoms with Gasteiger partial charge in [-0.1, -0.05) is 17.7 Å². The summed E-state index contributed by atoms with van der Waals surface area (Å²) in [6.45, 7) is 0. The first-order valence-electron chi connectivity index (χ1n) is 8.72. The van der Waals surface area contributed by atoms with E-state index in [-0.39, 0.29) is 23.3 Å². The summed E-state index contributed by atoms with van der Waals surface area (Å²) in [5.41, 5.74) is 1.56. The molecule has 28 heavy (non-hydrogen) atoms. The molecule has 3 heterocycles. The lowest BCUT2D eigenvalue weighted by Crippen LogP contribution is -2.51. The molecule has 0 amide bonds. The molecule has 2 aromatic rings. The largest absolute Gasteiger partial charge is 0.409 e. The van der Waals surface area contributed by atoms with Crippen molar-refractivity contribution in [1.29, 1.82) is 0 Å². The number of fused-ring (bicyclic) bond motifs is 4. The molecule has 10 heteroatoms. The lowest BCUT2D eigenvalue weighted by molar-refractivity contribution is -0.0804. The number of hydrogen-bond donors (Lipinski definition) is 1. The van der Waals surface area contributed by atoms with Crippen molar-refractivity contribution in [2.24, 2.45) is 5.92 Å². The average molecular weight is 432 g/mol. The molecule has 2 aliphatic rings. The number of aromatic nitrogens is 2. The van der Waals surface area contributed by atoms with Crippen molar-refractivity contribution in [3.05, 3.63) is 58.9 Å². The molecule has 1 N–H and O–H groups in total. The Labute approximate surface area is 165 Å². The Kier molecular flexibility index (Phi) is 4.79. The molecule has 0 saturated carbocycles. The Bertz CT molecular complexity index is 1000. The number of hydrogen-bond acceptors (Lipinski definition) is 3. The summed E-state index contributed by atoms with van der Waals surface area (Å²) in [4.78, 5) is 0.114. The molecule has 1 fully saturated rings. The third-order valence-electron chi connectivity index (χ3n) is 5.26. The fraction of sp³-hybridized carbons (Fsp3) is 0.389. The molecule has 2 bridgehead atoms. The molecule has 0 aliphatic carbocycles. The number of sulfonamides is 1. The van der Waals surface area contributed by atoms with Crippen molar-refractivity contribution in [1.82, 2.24) is 14.5 Å². The molecule has 0 spiro atoms. The predicted octanol–water partition coefficient (Wildman–Crippen LogP) is 4.25. The second kappa shape index (κ2) is 6.89. The third kappa shape index (κ3) is 3.58. The van der Waals surface area contributed by atoms with Crippen molar-refractivity contribution in [3.63, 3.8) is 0 Å². The van der Waals surface area contributed by atoms with Gasteiger partial charge in [-0.05, 0) is 43.0 Å². The number of nitrogens with zero attached hydrogens (tertiary/aromatic N) is 2. The maximum Gasteiger partial charge on any atom is 0.409 e. The van der Waals surface area contributed by atoms with Gasteiger partial charge >= 0.3 is 6.18 Å². The molecule has 5 nitrogen and oxygen atoms in total. The van der Waals surface area contributed by atoms with Gasteiger partial charge in [0.05, 0.1) is 17.1 Å². The van der Waals surface area contributed by atoms with Gasteiger partial charge in [0.1, 0.15) is 0 Å². The first kappa shape index (κ1) is 19.5. The van der Waals surface area contributed by atoms with Crippen molar-refractivity contribution in [2.45, 2.75) is 42.4 Å². The highest BCUT2D eigenvalue weighted by atomic mass is 35.5. The standard InChI is InChI=1S/C18H17ClF3N3O2S/c19-12-1-3-14(4-2-12)28(26,27)25-13-7-11(5-6-18(20,21)22)8-17(25)15-10-23-24-16(15)9-13/h1-6,10-11,13,17H,7-9H2,(H,23,24)/b6-5-. The van der Waals surface area contributed by atoms with Crippen LogP contribution < -0.4 is 0 Å². The van der Waals surface area contributed by atoms with Gasteiger partial charge in [0.25, 0.3) is 0 Å². The number of H-pyrrole nitrogens is 1. The molecule has 4 rings (SSSR count). The molecular formula is C18H17ClF3N3O2S. The van der Waals surface area contributed by atoms with Crippen molar-refractivity contribution >= 4 is 21.6 Å². The number of halogens is 4. The van der Waals surface area contributed by atoms with E-state index in [2.05, 4.69) is 10.2 Å². The SMILES string of the molecule is O=S(=O)(c1ccc(Cl)cc1)N1C2Cc3[nH]ncc3C1CC(/C=C\C(F)(F)F)C2. The fourth-order valence-corrected chi connectivity index (χ4v) is 6.07. The normalized spacial score (nSPS) is 25.8. The lowest BCUT2D eigenvalue weighted by Gasteiger charge is -2.46. The van der Waals surface area contributed by atoms with Gasteiger partial charge in [0.2, 0.25) is 10.0 Å². The van der Waals surface area contributed by atoms with E-state index >= 15 is 0 Å². The highest BCUT2D eigenvalue weighted by Gasteiger charge is 2.47. The third-order valence-corrected chi connectivity index (χ3v) is 7.49. The van der Waals surface area contributed by atoms with Crippen LogP contribution in [0.2, 0.25) is 5.02 Å². The van der Waals surface area contributed by atoms with Gasteiger partial charge in [0.15, 0.2) is 0 Å². The van der Waals surface area contributed by atoms with Gasteiger partial charge in [-0.3, -0.25) is 5.10 Å². The van der Waals surface area contributed by atoms with Crippen LogP contribution in [0.5, 0.6) is 0 Å². The van der Waals surface area contributed by atoms with Crippen LogP contribution in [0.3, 0.4) is 0 Å². The molecule has 2 aliphatic heterocycles. The van der Waals surface area contributed by atoms with E-state index in [1.54, 1.807) is 6.20 Å². The van der Waals surface area contributed by atoms with E-state index < -0.39 is 28.3 Å². The molecule has 3 unspecified atom stereocenters. The van der Waals surface area contributed by atoms with Gasteiger partial charge in [-0.25, -0.2) is 8.42 Å². The predicted molar refractivity (Wildman–Crippen MR) is 97.2 cm³/mol. The summed E-state index contributed by atoms with van der Waals surface area (Å²) in [5, 5.41) is 7.33. The second-order valence-electron chi connectivity index (χ2n) is 7.10. The second-order valence-corrected chi connectivity index (χ2v) is 9.38. The summed E-state index contributed by atoms with van der Waals surface area (Å²) in [7, 11) is -3.84. The Morgan fingerprint density at radius 2 is 1.93 bits per heavy atom. The van der Waals surface area contributed by atoms with Crippen LogP contribution in [0.4, 0.5) is 13.2 Å². The molecule has 0 radical (unpaired) electrons. The summed E-state index contributed by atoms with van der Waals surface area (Å²) >= 11 is 5.87. The summed E-state index contributed by atoms with van der Waals surface area (Å²) in [6.07, 6.45) is -0.463. The number of benzene rings is 1. The molecule has 150 valence electrons. The molecular weight excluding hydrogens is 415 g/mol. The number of aromatic amines is 1. The minimum atomic E-state index is -4.39. The average Bonchev–Trinajstić information content (AvgIpc) is 3.07. The maximum atomic E-state index is 13.3. The van der Waals surface area contributed by atoms with E-state index in [0.717, 1.165) is 17.3 Å². The van der Waals surface area contributed by atoms with Crippen LogP contribution in [0.1, 0.15) is 30.1 Å². The van der Waals surface area contributed by atoms with Crippen LogP contribution in [0.15, 0.2) is 47.5 Å². The van der Waals surface area contributed by atoms with Gasteiger partial charge in [-0.15, -0.1) is 0 Å². The zero-order valence-electron chi connectivity index (χ0n) is 14.5. The molecule has 1 aromatic heterocycles. The highest BCUT2D eigenvalue weighted by molar-refractivity contribution is 7.89. The minimum absolute atomic E-state index is 0.114. The molecule has 1 aromatic carbocycles. The first-order chi connectivity index (χ1) is 13.1. The molecule has 3 atom stereocenters. The van der Waals surface area contributed by atoms with Gasteiger partial charge < -0.3 is 0 Å². The van der Waals surface area contributed by atoms with Crippen LogP contribution >= 0.6 is 11.6 Å². The Morgan fingerprint density at radius 1 is 1.21 bits per heavy atom. The van der Waals surface area contributed by atoms with Gasteiger partial charge in [-0.2, -0.15) is 22.6 Å². The Morgan fingerprint density at radius 3 is 2.61 bits per heavy atom. The van der Waals surface area contributed by atoms with Crippen LogP contribution in [-0.4, -0.2) is 35.1 Å².